The number of sulfonamides is 1. The molecule has 0 radical (unpaired) electrons. The minimum absolute atomic E-state index is 0.0230. The highest BCUT2D eigenvalue weighted by Gasteiger charge is 2.34. The van der Waals surface area contributed by atoms with Crippen molar-refractivity contribution < 1.29 is 13.2 Å². The maximum atomic E-state index is 12.7. The molecule has 3 rings (SSSR count). The van der Waals surface area contributed by atoms with Crippen LogP contribution in [0.1, 0.15) is 25.3 Å². The summed E-state index contributed by atoms with van der Waals surface area (Å²) in [6.45, 7) is 4.76. The number of carbonyl (C=O) groups is 1. The predicted octanol–water partition coefficient (Wildman–Crippen LogP) is 4.39. The predicted molar refractivity (Wildman–Crippen MR) is 110 cm³/mol. The molecular weight excluding hydrogens is 404 g/mol. The zero-order valence-corrected chi connectivity index (χ0v) is 17.7. The molecule has 1 aliphatic rings. The van der Waals surface area contributed by atoms with E-state index in [9.17, 15) is 13.2 Å². The van der Waals surface area contributed by atoms with Crippen LogP contribution in [0.2, 0.25) is 4.34 Å². The van der Waals surface area contributed by atoms with Crippen molar-refractivity contribution in [2.24, 2.45) is 11.8 Å². The van der Waals surface area contributed by atoms with Gasteiger partial charge in [0.05, 0.1) is 4.34 Å². The summed E-state index contributed by atoms with van der Waals surface area (Å²) < 4.78 is 27.6. The molecule has 0 unspecified atom stereocenters. The van der Waals surface area contributed by atoms with Crippen molar-refractivity contribution in [3.8, 4) is 0 Å². The zero-order chi connectivity index (χ0) is 19.6. The molecule has 1 fully saturated rings. The highest BCUT2D eigenvalue weighted by Crippen LogP contribution is 2.32. The fraction of sp³-hybridized carbons (Fsp3) is 0.421. The van der Waals surface area contributed by atoms with Gasteiger partial charge in [0.25, 0.3) is 10.0 Å². The summed E-state index contributed by atoms with van der Waals surface area (Å²) in [7, 11) is -3.50. The molecule has 0 saturated carbocycles. The molecule has 0 bridgehead atoms. The largest absolute Gasteiger partial charge is 0.326 e. The van der Waals surface area contributed by atoms with Crippen LogP contribution in [0.4, 0.5) is 5.69 Å². The number of anilines is 1. The molecule has 1 aromatic carbocycles. The number of amides is 1. The van der Waals surface area contributed by atoms with Gasteiger partial charge in [-0.1, -0.05) is 36.2 Å². The Morgan fingerprint density at radius 2 is 1.81 bits per heavy atom. The summed E-state index contributed by atoms with van der Waals surface area (Å²) >= 11 is 6.95. The second kappa shape index (κ2) is 8.31. The first-order valence-corrected chi connectivity index (χ1v) is 11.5. The molecule has 146 valence electrons. The molecule has 2 aromatic rings. The number of benzene rings is 1. The number of piperidine rings is 1. The summed E-state index contributed by atoms with van der Waals surface area (Å²) in [4.78, 5) is 12.5. The second-order valence-electron chi connectivity index (χ2n) is 6.94. The van der Waals surface area contributed by atoms with Gasteiger partial charge in [-0.05, 0) is 49.9 Å². The third-order valence-electron chi connectivity index (χ3n) is 5.08. The van der Waals surface area contributed by atoms with E-state index in [0.29, 0.717) is 30.3 Å². The number of carbonyl (C=O) groups excluding carboxylic acids is 1. The van der Waals surface area contributed by atoms with Gasteiger partial charge in [0.15, 0.2) is 0 Å². The Labute approximate surface area is 169 Å². The molecule has 27 heavy (non-hydrogen) atoms. The first kappa shape index (κ1) is 20.3. The number of aryl methyl sites for hydroxylation is 1. The molecule has 1 aliphatic heterocycles. The minimum Gasteiger partial charge on any atom is -0.326 e. The van der Waals surface area contributed by atoms with Gasteiger partial charge < -0.3 is 5.32 Å². The van der Waals surface area contributed by atoms with Crippen molar-refractivity contribution in [1.82, 2.24) is 4.31 Å². The number of halogens is 1. The summed E-state index contributed by atoms with van der Waals surface area (Å²) in [6.07, 6.45) is 1.33. The van der Waals surface area contributed by atoms with Crippen LogP contribution in [-0.2, 0) is 14.8 Å². The maximum absolute atomic E-state index is 12.7. The van der Waals surface area contributed by atoms with Crippen LogP contribution in [0.5, 0.6) is 0 Å². The lowest BCUT2D eigenvalue weighted by Gasteiger charge is -2.33. The number of nitrogens with one attached hydrogen (secondary N) is 1. The summed E-state index contributed by atoms with van der Waals surface area (Å²) in [5.74, 6) is -0.0358. The highest BCUT2D eigenvalue weighted by atomic mass is 35.5. The number of hydrogen-bond donors (Lipinski definition) is 1. The van der Waals surface area contributed by atoms with Crippen molar-refractivity contribution in [3.63, 3.8) is 0 Å². The first-order valence-electron chi connectivity index (χ1n) is 8.90. The van der Waals surface area contributed by atoms with Crippen molar-refractivity contribution in [2.75, 3.05) is 18.4 Å². The third-order valence-corrected chi connectivity index (χ3v) is 8.68. The normalized spacial score (nSPS) is 17.6. The lowest BCUT2D eigenvalue weighted by Crippen LogP contribution is -2.41. The molecule has 1 aromatic heterocycles. The van der Waals surface area contributed by atoms with E-state index in [-0.39, 0.29) is 22.0 Å². The number of hydrogen-bond acceptors (Lipinski definition) is 4. The van der Waals surface area contributed by atoms with Crippen LogP contribution >= 0.6 is 22.9 Å². The minimum atomic E-state index is -3.50. The van der Waals surface area contributed by atoms with Gasteiger partial charge >= 0.3 is 0 Å². The van der Waals surface area contributed by atoms with E-state index in [1.54, 1.807) is 12.1 Å². The molecular formula is C19H23ClN2O3S2. The SMILES string of the molecule is Cc1ccc(NC(=O)[C@@H](C)C2CCN(S(=O)(=O)c3ccc(Cl)s3)CC2)cc1. The van der Waals surface area contributed by atoms with E-state index in [2.05, 4.69) is 5.32 Å². The van der Waals surface area contributed by atoms with Gasteiger partial charge in [-0.15, -0.1) is 11.3 Å². The van der Waals surface area contributed by atoms with Gasteiger partial charge in [-0.25, -0.2) is 8.42 Å². The second-order valence-corrected chi connectivity index (χ2v) is 10.8. The molecule has 0 spiro atoms. The molecule has 0 aliphatic carbocycles. The average molecular weight is 427 g/mol. The van der Waals surface area contributed by atoms with Crippen molar-refractivity contribution >= 4 is 44.6 Å². The van der Waals surface area contributed by atoms with Crippen LogP contribution in [0, 0.1) is 18.8 Å². The van der Waals surface area contributed by atoms with E-state index in [1.807, 2.05) is 38.1 Å². The number of nitrogens with zero attached hydrogens (tertiary/aromatic N) is 1. The molecule has 5 nitrogen and oxygen atoms in total. The van der Waals surface area contributed by atoms with Crippen molar-refractivity contribution in [3.05, 3.63) is 46.3 Å². The van der Waals surface area contributed by atoms with Gasteiger partial charge in [-0.2, -0.15) is 4.31 Å². The van der Waals surface area contributed by atoms with E-state index in [0.717, 1.165) is 22.6 Å². The van der Waals surface area contributed by atoms with E-state index in [1.165, 1.54) is 4.31 Å². The molecule has 1 N–H and O–H groups in total. The Balaban J connectivity index is 1.58. The fourth-order valence-corrected chi connectivity index (χ4v) is 6.39. The lowest BCUT2D eigenvalue weighted by atomic mass is 9.85. The van der Waals surface area contributed by atoms with Crippen LogP contribution < -0.4 is 5.32 Å². The van der Waals surface area contributed by atoms with E-state index in [4.69, 9.17) is 11.6 Å². The lowest BCUT2D eigenvalue weighted by molar-refractivity contribution is -0.121. The third kappa shape index (κ3) is 4.71. The monoisotopic (exact) mass is 426 g/mol. The molecule has 1 atom stereocenters. The summed E-state index contributed by atoms with van der Waals surface area (Å²) in [5, 5.41) is 2.95. The first-order chi connectivity index (χ1) is 12.8. The van der Waals surface area contributed by atoms with Gasteiger partial charge in [-0.3, -0.25) is 4.79 Å². The van der Waals surface area contributed by atoms with Gasteiger partial charge in [0.2, 0.25) is 5.91 Å². The number of thiophene rings is 1. The smallest absolute Gasteiger partial charge is 0.252 e. The fourth-order valence-electron chi connectivity index (χ4n) is 3.29. The standard InChI is InChI=1S/C19H23ClN2O3S2/c1-13-3-5-16(6-4-13)21-19(23)14(2)15-9-11-22(12-10-15)27(24,25)18-8-7-17(20)26-18/h3-8,14-15H,9-12H2,1-2H3,(H,21,23)/t14-/m0/s1. The molecule has 2 heterocycles. The zero-order valence-electron chi connectivity index (χ0n) is 15.3. The highest BCUT2D eigenvalue weighted by molar-refractivity contribution is 7.91. The molecule has 1 saturated heterocycles. The Kier molecular flexibility index (Phi) is 6.25. The molecule has 8 heteroatoms. The van der Waals surface area contributed by atoms with E-state index < -0.39 is 10.0 Å². The van der Waals surface area contributed by atoms with Crippen molar-refractivity contribution in [2.45, 2.75) is 30.9 Å². The summed E-state index contributed by atoms with van der Waals surface area (Å²) in [6, 6.07) is 10.8. The Bertz CT molecular complexity index is 901. The van der Waals surface area contributed by atoms with Crippen LogP contribution in [0.25, 0.3) is 0 Å². The summed E-state index contributed by atoms with van der Waals surface area (Å²) in [5.41, 5.74) is 1.92. The topological polar surface area (TPSA) is 66.5 Å². The van der Waals surface area contributed by atoms with Crippen molar-refractivity contribution in [1.29, 1.82) is 0 Å². The number of rotatable bonds is 5. The van der Waals surface area contributed by atoms with Gasteiger partial charge in [0, 0.05) is 24.7 Å². The van der Waals surface area contributed by atoms with Crippen LogP contribution in [0.3, 0.4) is 0 Å². The molecule has 1 amide bonds. The Morgan fingerprint density at radius 3 is 2.37 bits per heavy atom. The van der Waals surface area contributed by atoms with Gasteiger partial charge in [0.1, 0.15) is 4.21 Å². The van der Waals surface area contributed by atoms with E-state index >= 15 is 0 Å². The average Bonchev–Trinajstić information content (AvgIpc) is 3.10. The Morgan fingerprint density at radius 1 is 1.19 bits per heavy atom. The Hall–Kier alpha value is -1.41. The maximum Gasteiger partial charge on any atom is 0.252 e. The quantitative estimate of drug-likeness (QED) is 0.771. The van der Waals surface area contributed by atoms with Crippen LogP contribution in [-0.4, -0.2) is 31.7 Å². The van der Waals surface area contributed by atoms with Crippen LogP contribution in [0.15, 0.2) is 40.6 Å².